The van der Waals surface area contributed by atoms with Gasteiger partial charge in [0, 0.05) is 11.3 Å². The maximum absolute atomic E-state index is 4.74. The van der Waals surface area contributed by atoms with Gasteiger partial charge >= 0.3 is 0 Å². The fourth-order valence-electron chi connectivity index (χ4n) is 2.52. The summed E-state index contributed by atoms with van der Waals surface area (Å²) in [4.78, 5) is 9.33. The predicted molar refractivity (Wildman–Crippen MR) is 76.9 cm³/mol. The van der Waals surface area contributed by atoms with Gasteiger partial charge in [-0.2, -0.15) is 0 Å². The molecular weight excluding hydrogens is 234 g/mol. The van der Waals surface area contributed by atoms with E-state index in [0.29, 0.717) is 6.04 Å². The first-order chi connectivity index (χ1) is 9.22. The van der Waals surface area contributed by atoms with Crippen LogP contribution in [0.15, 0.2) is 30.3 Å². The molecule has 0 saturated carbocycles. The van der Waals surface area contributed by atoms with Gasteiger partial charge in [-0.3, -0.25) is 0 Å². The number of aromatic nitrogens is 2. The Bertz CT molecular complexity index is 569. The van der Waals surface area contributed by atoms with E-state index >= 15 is 0 Å². The third-order valence-corrected chi connectivity index (χ3v) is 3.59. The highest BCUT2D eigenvalue weighted by Crippen LogP contribution is 2.24. The molecule has 1 aliphatic heterocycles. The lowest BCUT2D eigenvalue weighted by molar-refractivity contribution is 0.603. The van der Waals surface area contributed by atoms with E-state index in [9.17, 15) is 0 Å². The lowest BCUT2D eigenvalue weighted by atomic mass is 10.1. The second-order valence-electron chi connectivity index (χ2n) is 5.27. The van der Waals surface area contributed by atoms with E-state index in [1.54, 1.807) is 0 Å². The largest absolute Gasteiger partial charge is 0.307 e. The zero-order valence-electron chi connectivity index (χ0n) is 11.5. The van der Waals surface area contributed by atoms with Crippen LogP contribution in [-0.2, 0) is 0 Å². The first-order valence-electron chi connectivity index (χ1n) is 6.88. The maximum atomic E-state index is 4.74. The molecule has 2 heterocycles. The molecular formula is C16H19N3. The third-order valence-electron chi connectivity index (χ3n) is 3.59. The number of rotatable bonds is 2. The summed E-state index contributed by atoms with van der Waals surface area (Å²) in [6, 6.07) is 10.9. The molecule has 3 nitrogen and oxygen atoms in total. The number of aryl methyl sites for hydroxylation is 2. The van der Waals surface area contributed by atoms with Crippen LogP contribution in [0.25, 0.3) is 11.3 Å². The van der Waals surface area contributed by atoms with Crippen molar-refractivity contribution in [2.75, 3.05) is 6.54 Å². The minimum absolute atomic E-state index is 0.323. The van der Waals surface area contributed by atoms with E-state index in [1.807, 2.05) is 6.92 Å². The van der Waals surface area contributed by atoms with Crippen molar-refractivity contribution in [3.8, 4) is 11.3 Å². The quantitative estimate of drug-likeness (QED) is 0.893. The Hall–Kier alpha value is -1.74. The van der Waals surface area contributed by atoms with Crippen molar-refractivity contribution in [1.82, 2.24) is 15.3 Å². The second-order valence-corrected chi connectivity index (χ2v) is 5.27. The average Bonchev–Trinajstić information content (AvgIpc) is 2.93. The Balaban J connectivity index is 1.99. The lowest BCUT2D eigenvalue weighted by Gasteiger charge is -2.11. The summed E-state index contributed by atoms with van der Waals surface area (Å²) in [5.41, 5.74) is 4.49. The van der Waals surface area contributed by atoms with Crippen molar-refractivity contribution < 1.29 is 0 Å². The van der Waals surface area contributed by atoms with Crippen LogP contribution in [0.3, 0.4) is 0 Å². The van der Waals surface area contributed by atoms with Crippen LogP contribution >= 0.6 is 0 Å². The smallest absolute Gasteiger partial charge is 0.146 e. The third kappa shape index (κ3) is 2.66. The minimum atomic E-state index is 0.323. The van der Waals surface area contributed by atoms with Gasteiger partial charge in [-0.25, -0.2) is 9.97 Å². The van der Waals surface area contributed by atoms with Crippen molar-refractivity contribution in [1.29, 1.82) is 0 Å². The summed E-state index contributed by atoms with van der Waals surface area (Å²) in [6.45, 7) is 5.21. The molecule has 0 radical (unpaired) electrons. The van der Waals surface area contributed by atoms with Crippen LogP contribution < -0.4 is 5.32 Å². The average molecular weight is 253 g/mol. The molecule has 2 aromatic rings. The van der Waals surface area contributed by atoms with E-state index in [1.165, 1.54) is 12.0 Å². The zero-order chi connectivity index (χ0) is 13.2. The van der Waals surface area contributed by atoms with Gasteiger partial charge in [-0.1, -0.05) is 29.8 Å². The van der Waals surface area contributed by atoms with Crippen LogP contribution in [0, 0.1) is 13.8 Å². The summed E-state index contributed by atoms with van der Waals surface area (Å²) in [7, 11) is 0. The molecule has 1 N–H and O–H groups in total. The van der Waals surface area contributed by atoms with Crippen molar-refractivity contribution in [3.63, 3.8) is 0 Å². The van der Waals surface area contributed by atoms with Gasteiger partial charge < -0.3 is 5.32 Å². The number of nitrogens with zero attached hydrogens (tertiary/aromatic N) is 2. The Morgan fingerprint density at radius 2 is 1.89 bits per heavy atom. The van der Waals surface area contributed by atoms with Crippen molar-refractivity contribution in [2.24, 2.45) is 0 Å². The molecule has 1 aromatic carbocycles. The van der Waals surface area contributed by atoms with Gasteiger partial charge in [0.05, 0.1) is 11.7 Å². The van der Waals surface area contributed by atoms with Crippen molar-refractivity contribution in [2.45, 2.75) is 32.7 Å². The fraction of sp³-hybridized carbons (Fsp3) is 0.375. The molecule has 0 spiro atoms. The Labute approximate surface area is 114 Å². The Kier molecular flexibility index (Phi) is 3.30. The zero-order valence-corrected chi connectivity index (χ0v) is 11.5. The summed E-state index contributed by atoms with van der Waals surface area (Å²) < 4.78 is 0. The highest BCUT2D eigenvalue weighted by Gasteiger charge is 2.19. The second kappa shape index (κ2) is 5.10. The van der Waals surface area contributed by atoms with Gasteiger partial charge in [-0.15, -0.1) is 0 Å². The number of nitrogens with one attached hydrogen (secondary N) is 1. The monoisotopic (exact) mass is 253 g/mol. The highest BCUT2D eigenvalue weighted by atomic mass is 15.0. The van der Waals surface area contributed by atoms with Gasteiger partial charge in [0.1, 0.15) is 5.82 Å². The van der Waals surface area contributed by atoms with Gasteiger partial charge in [0.15, 0.2) is 0 Å². The number of benzene rings is 1. The SMILES string of the molecule is Cc1ccc(-c2cc(C)nc(C3CCCN3)n2)cc1. The molecule has 0 bridgehead atoms. The molecule has 1 atom stereocenters. The minimum Gasteiger partial charge on any atom is -0.307 e. The maximum Gasteiger partial charge on any atom is 0.146 e. The number of hydrogen-bond acceptors (Lipinski definition) is 3. The lowest BCUT2D eigenvalue weighted by Crippen LogP contribution is -2.16. The molecule has 0 amide bonds. The van der Waals surface area contributed by atoms with Crippen LogP contribution in [-0.4, -0.2) is 16.5 Å². The summed E-state index contributed by atoms with van der Waals surface area (Å²) in [5, 5.41) is 3.46. The van der Waals surface area contributed by atoms with E-state index in [0.717, 1.165) is 35.7 Å². The van der Waals surface area contributed by atoms with Crippen LogP contribution in [0.2, 0.25) is 0 Å². The fourth-order valence-corrected chi connectivity index (χ4v) is 2.52. The van der Waals surface area contributed by atoms with Crippen LogP contribution in [0.4, 0.5) is 0 Å². The summed E-state index contributed by atoms with van der Waals surface area (Å²) in [6.07, 6.45) is 2.35. The Morgan fingerprint density at radius 3 is 2.58 bits per heavy atom. The summed E-state index contributed by atoms with van der Waals surface area (Å²) in [5.74, 6) is 0.938. The molecule has 1 aromatic heterocycles. The number of hydrogen-bond donors (Lipinski definition) is 1. The van der Waals surface area contributed by atoms with Gasteiger partial charge in [-0.05, 0) is 39.3 Å². The molecule has 3 heteroatoms. The molecule has 1 saturated heterocycles. The standard InChI is InChI=1S/C16H19N3/c1-11-5-7-13(8-6-11)15-10-12(2)18-16(19-15)14-4-3-9-17-14/h5-8,10,14,17H,3-4,9H2,1-2H3. The van der Waals surface area contributed by atoms with Gasteiger partial charge in [0.2, 0.25) is 0 Å². The van der Waals surface area contributed by atoms with Crippen molar-refractivity contribution >= 4 is 0 Å². The molecule has 1 aliphatic rings. The topological polar surface area (TPSA) is 37.8 Å². The molecule has 1 fully saturated rings. The molecule has 0 aliphatic carbocycles. The summed E-state index contributed by atoms with van der Waals surface area (Å²) >= 11 is 0. The predicted octanol–water partition coefficient (Wildman–Crippen LogP) is 3.18. The van der Waals surface area contributed by atoms with E-state index in [2.05, 4.69) is 47.6 Å². The first-order valence-corrected chi connectivity index (χ1v) is 6.88. The van der Waals surface area contributed by atoms with E-state index in [4.69, 9.17) is 4.98 Å². The van der Waals surface area contributed by atoms with Crippen LogP contribution in [0.5, 0.6) is 0 Å². The molecule has 1 unspecified atom stereocenters. The van der Waals surface area contributed by atoms with E-state index < -0.39 is 0 Å². The highest BCUT2D eigenvalue weighted by molar-refractivity contribution is 5.59. The molecule has 19 heavy (non-hydrogen) atoms. The van der Waals surface area contributed by atoms with Crippen molar-refractivity contribution in [3.05, 3.63) is 47.4 Å². The molecule has 98 valence electrons. The van der Waals surface area contributed by atoms with E-state index in [-0.39, 0.29) is 0 Å². The Morgan fingerprint density at radius 1 is 1.11 bits per heavy atom. The molecule has 3 rings (SSSR count). The van der Waals surface area contributed by atoms with Crippen LogP contribution in [0.1, 0.15) is 36.0 Å². The van der Waals surface area contributed by atoms with Gasteiger partial charge in [0.25, 0.3) is 0 Å². The first kappa shape index (κ1) is 12.3. The normalized spacial score (nSPS) is 18.7.